The van der Waals surface area contributed by atoms with E-state index in [2.05, 4.69) is 4.18 Å². The Bertz CT molecular complexity index is 266. The Hall–Kier alpha value is -1.15. The van der Waals surface area contributed by atoms with Gasteiger partial charge in [-0.2, -0.15) is 8.42 Å². The van der Waals surface area contributed by atoms with Crippen molar-refractivity contribution in [2.45, 2.75) is 18.9 Å². The molecular formula is C5H10N2O5S. The van der Waals surface area contributed by atoms with Crippen LogP contribution in [0, 0.1) is 0 Å². The second-order valence-electron chi connectivity index (χ2n) is 2.25. The zero-order valence-corrected chi connectivity index (χ0v) is 7.53. The quantitative estimate of drug-likeness (QED) is 0.435. The minimum Gasteiger partial charge on any atom is -0.370 e. The Morgan fingerprint density at radius 3 is 2.31 bits per heavy atom. The first-order valence-electron chi connectivity index (χ1n) is 3.33. The van der Waals surface area contributed by atoms with Crippen molar-refractivity contribution in [3.05, 3.63) is 0 Å². The van der Waals surface area contributed by atoms with Gasteiger partial charge in [0.25, 0.3) is 0 Å². The van der Waals surface area contributed by atoms with Gasteiger partial charge in [0.05, 0.1) is 0 Å². The summed E-state index contributed by atoms with van der Waals surface area (Å²) in [4.78, 5) is 20.9. The lowest BCUT2D eigenvalue weighted by molar-refractivity contribution is -0.135. The summed E-state index contributed by atoms with van der Waals surface area (Å²) in [5.41, 5.74) is 9.94. The summed E-state index contributed by atoms with van der Waals surface area (Å²) >= 11 is 0. The molecule has 8 heteroatoms. The van der Waals surface area contributed by atoms with Crippen LogP contribution in [0.1, 0.15) is 12.8 Å². The van der Waals surface area contributed by atoms with E-state index in [-0.39, 0.29) is 12.8 Å². The van der Waals surface area contributed by atoms with Crippen molar-refractivity contribution in [2.75, 3.05) is 0 Å². The summed E-state index contributed by atoms with van der Waals surface area (Å²) in [6.45, 7) is 0. The van der Waals surface area contributed by atoms with Gasteiger partial charge in [0.1, 0.15) is 6.04 Å². The predicted molar refractivity (Wildman–Crippen MR) is 42.8 cm³/mol. The molecule has 0 heterocycles. The maximum absolute atomic E-state index is 10.7. The third-order valence-electron chi connectivity index (χ3n) is 1.17. The third-order valence-corrected chi connectivity index (χ3v) is 1.50. The van der Waals surface area contributed by atoms with Gasteiger partial charge in [-0.1, -0.05) is 0 Å². The van der Waals surface area contributed by atoms with Crippen molar-refractivity contribution in [3.8, 4) is 0 Å². The standard InChI is InChI=1S/C5H10N2O5S/c6-3(1-2-4(7)8)5(9)12-13(10)11/h3,13H,1-2,6H2,(H2,7,8)/t3-/m0/s1. The molecule has 0 unspecified atom stereocenters. The van der Waals surface area contributed by atoms with Crippen LogP contribution in [0.5, 0.6) is 0 Å². The van der Waals surface area contributed by atoms with Crippen LogP contribution < -0.4 is 11.5 Å². The summed E-state index contributed by atoms with van der Waals surface area (Å²) < 4.78 is 23.6. The largest absolute Gasteiger partial charge is 0.370 e. The van der Waals surface area contributed by atoms with Gasteiger partial charge in [-0.15, -0.1) is 0 Å². The summed E-state index contributed by atoms with van der Waals surface area (Å²) in [6, 6.07) is -1.14. The van der Waals surface area contributed by atoms with Crippen LogP contribution in [0.2, 0.25) is 0 Å². The Morgan fingerprint density at radius 1 is 1.38 bits per heavy atom. The molecule has 0 fully saturated rings. The lowest BCUT2D eigenvalue weighted by atomic mass is 10.2. The molecule has 0 saturated heterocycles. The average Bonchev–Trinajstić information content (AvgIpc) is 1.98. The number of carbonyl (C=O) groups excluding carboxylic acids is 2. The van der Waals surface area contributed by atoms with E-state index < -0.39 is 28.9 Å². The van der Waals surface area contributed by atoms with Gasteiger partial charge in [-0.05, 0) is 6.42 Å². The molecule has 4 N–H and O–H groups in total. The molecule has 0 aliphatic rings. The topological polar surface area (TPSA) is 130 Å². The molecule has 0 aromatic carbocycles. The molecule has 13 heavy (non-hydrogen) atoms. The molecule has 1 atom stereocenters. The highest BCUT2D eigenvalue weighted by molar-refractivity contribution is 7.67. The molecule has 7 nitrogen and oxygen atoms in total. The van der Waals surface area contributed by atoms with Crippen molar-refractivity contribution in [1.82, 2.24) is 0 Å². The van der Waals surface area contributed by atoms with Gasteiger partial charge < -0.3 is 15.7 Å². The molecule has 0 radical (unpaired) electrons. The monoisotopic (exact) mass is 210 g/mol. The van der Waals surface area contributed by atoms with E-state index in [4.69, 9.17) is 11.5 Å². The Labute approximate surface area is 76.2 Å². The fraction of sp³-hybridized carbons (Fsp3) is 0.600. The number of rotatable bonds is 5. The first-order chi connectivity index (χ1) is 5.93. The van der Waals surface area contributed by atoms with Crippen LogP contribution in [-0.4, -0.2) is 26.3 Å². The zero-order valence-electron chi connectivity index (χ0n) is 6.63. The molecule has 0 aliphatic heterocycles. The van der Waals surface area contributed by atoms with Crippen molar-refractivity contribution in [2.24, 2.45) is 11.5 Å². The summed E-state index contributed by atoms with van der Waals surface area (Å²) in [6.07, 6.45) is -0.122. The summed E-state index contributed by atoms with van der Waals surface area (Å²) in [5.74, 6) is -1.70. The molecule has 0 aliphatic carbocycles. The van der Waals surface area contributed by atoms with Crippen LogP contribution in [0.3, 0.4) is 0 Å². The second-order valence-corrected chi connectivity index (χ2v) is 2.88. The predicted octanol–water partition coefficient (Wildman–Crippen LogP) is -2.35. The van der Waals surface area contributed by atoms with Gasteiger partial charge in [0.15, 0.2) is 0 Å². The molecular weight excluding hydrogens is 200 g/mol. The number of thiol groups is 1. The number of nitrogens with two attached hydrogens (primary N) is 2. The molecule has 0 spiro atoms. The molecule has 0 bridgehead atoms. The van der Waals surface area contributed by atoms with Crippen LogP contribution >= 0.6 is 0 Å². The van der Waals surface area contributed by atoms with Crippen LogP contribution in [0.4, 0.5) is 0 Å². The lowest BCUT2D eigenvalue weighted by Gasteiger charge is -2.05. The third kappa shape index (κ3) is 6.05. The first kappa shape index (κ1) is 11.8. The molecule has 0 aromatic heterocycles. The average molecular weight is 210 g/mol. The Morgan fingerprint density at radius 2 is 1.92 bits per heavy atom. The van der Waals surface area contributed by atoms with Gasteiger partial charge in [-0.25, -0.2) is 4.79 Å². The highest BCUT2D eigenvalue weighted by Gasteiger charge is 2.16. The molecule has 0 aromatic rings. The minimum atomic E-state index is -3.24. The van der Waals surface area contributed by atoms with E-state index in [0.29, 0.717) is 0 Å². The van der Waals surface area contributed by atoms with E-state index in [1.54, 1.807) is 0 Å². The number of primary amides is 1. The summed E-state index contributed by atoms with van der Waals surface area (Å²) in [7, 11) is -3.24. The minimum absolute atomic E-state index is 0.0304. The second kappa shape index (κ2) is 5.49. The fourth-order valence-corrected chi connectivity index (χ4v) is 0.839. The first-order valence-corrected chi connectivity index (χ1v) is 4.43. The van der Waals surface area contributed by atoms with E-state index in [1.165, 1.54) is 0 Å². The number of hydrogen-bond acceptors (Lipinski definition) is 6. The molecule has 0 rings (SSSR count). The van der Waals surface area contributed by atoms with Crippen molar-refractivity contribution < 1.29 is 22.2 Å². The Balaban J connectivity index is 3.89. The van der Waals surface area contributed by atoms with Crippen LogP contribution in [0.25, 0.3) is 0 Å². The maximum atomic E-state index is 10.7. The normalized spacial score (nSPS) is 12.5. The highest BCUT2D eigenvalue weighted by atomic mass is 32.2. The van der Waals surface area contributed by atoms with Crippen LogP contribution in [-0.2, 0) is 24.8 Å². The highest BCUT2D eigenvalue weighted by Crippen LogP contribution is 1.96. The summed E-state index contributed by atoms with van der Waals surface area (Å²) in [5, 5.41) is 0. The fourth-order valence-electron chi connectivity index (χ4n) is 0.557. The number of amides is 1. The van der Waals surface area contributed by atoms with Gasteiger partial charge in [0, 0.05) is 6.42 Å². The lowest BCUT2D eigenvalue weighted by Crippen LogP contribution is -2.33. The molecule has 76 valence electrons. The van der Waals surface area contributed by atoms with Crippen molar-refractivity contribution in [3.63, 3.8) is 0 Å². The molecule has 1 amide bonds. The van der Waals surface area contributed by atoms with Crippen LogP contribution in [0.15, 0.2) is 0 Å². The zero-order chi connectivity index (χ0) is 10.4. The van der Waals surface area contributed by atoms with Gasteiger partial charge in [0.2, 0.25) is 5.91 Å². The number of carbonyl (C=O) groups is 2. The maximum Gasteiger partial charge on any atom is 0.338 e. The smallest absolute Gasteiger partial charge is 0.338 e. The van der Waals surface area contributed by atoms with E-state index in [9.17, 15) is 18.0 Å². The van der Waals surface area contributed by atoms with Crippen molar-refractivity contribution in [1.29, 1.82) is 0 Å². The van der Waals surface area contributed by atoms with Gasteiger partial charge >= 0.3 is 17.0 Å². The Kier molecular flexibility index (Phi) is 5.00. The van der Waals surface area contributed by atoms with E-state index in [1.807, 2.05) is 0 Å². The van der Waals surface area contributed by atoms with E-state index in [0.717, 1.165) is 0 Å². The van der Waals surface area contributed by atoms with Gasteiger partial charge in [-0.3, -0.25) is 4.79 Å². The van der Waals surface area contributed by atoms with E-state index >= 15 is 0 Å². The molecule has 0 saturated carbocycles. The number of hydrogen-bond donors (Lipinski definition) is 3. The SMILES string of the molecule is NC(=O)CC[C@H](N)C(=O)O[SH](=O)=O. The van der Waals surface area contributed by atoms with Crippen molar-refractivity contribution >= 4 is 22.9 Å².